The minimum absolute atomic E-state index is 0.101. The molecule has 1 saturated heterocycles. The summed E-state index contributed by atoms with van der Waals surface area (Å²) < 4.78 is 32.7. The Bertz CT molecular complexity index is 986. The van der Waals surface area contributed by atoms with Gasteiger partial charge in [0, 0.05) is 24.2 Å². The fourth-order valence-corrected chi connectivity index (χ4v) is 4.73. The van der Waals surface area contributed by atoms with E-state index in [-0.39, 0.29) is 23.5 Å². The Kier molecular flexibility index (Phi) is 6.63. The van der Waals surface area contributed by atoms with Gasteiger partial charge in [-0.3, -0.25) is 20.4 Å². The Morgan fingerprint density at radius 3 is 2.21 bits per heavy atom. The number of rotatable bonds is 5. The summed E-state index contributed by atoms with van der Waals surface area (Å²) in [7, 11) is -3.75. The minimum Gasteiger partial charge on any atom is -0.379 e. The molecule has 1 aliphatic heterocycles. The van der Waals surface area contributed by atoms with Gasteiger partial charge in [-0.05, 0) is 36.2 Å². The van der Waals surface area contributed by atoms with Gasteiger partial charge < -0.3 is 4.74 Å². The van der Waals surface area contributed by atoms with E-state index < -0.39 is 21.8 Å². The number of morpholine rings is 1. The number of sulfonamides is 1. The number of nitrogens with zero attached hydrogens (tertiary/aromatic N) is 1. The van der Waals surface area contributed by atoms with Gasteiger partial charge in [0.05, 0.1) is 18.1 Å². The molecule has 0 aromatic heterocycles. The van der Waals surface area contributed by atoms with E-state index in [0.717, 1.165) is 0 Å². The van der Waals surface area contributed by atoms with Gasteiger partial charge in [0.25, 0.3) is 11.8 Å². The van der Waals surface area contributed by atoms with Crippen molar-refractivity contribution in [2.24, 2.45) is 0 Å². The molecule has 0 radical (unpaired) electrons. The Hall–Kier alpha value is -2.75. The average Bonchev–Trinajstić information content (AvgIpc) is 2.77. The smallest absolute Gasteiger partial charge is 0.269 e. The van der Waals surface area contributed by atoms with Gasteiger partial charge in [-0.25, -0.2) is 8.42 Å². The van der Waals surface area contributed by atoms with Crippen molar-refractivity contribution >= 4 is 21.8 Å². The highest BCUT2D eigenvalue weighted by Gasteiger charge is 2.29. The molecule has 8 nitrogen and oxygen atoms in total. The molecule has 2 aromatic rings. The third kappa shape index (κ3) is 4.81. The molecular formula is C20H23N3O5S. The molecule has 0 aliphatic carbocycles. The van der Waals surface area contributed by atoms with Gasteiger partial charge in [0.2, 0.25) is 10.0 Å². The third-order valence-corrected chi connectivity index (χ3v) is 6.60. The lowest BCUT2D eigenvalue weighted by Crippen LogP contribution is -2.42. The summed E-state index contributed by atoms with van der Waals surface area (Å²) in [5, 5.41) is 0. The van der Waals surface area contributed by atoms with Crippen LogP contribution in [-0.4, -0.2) is 50.8 Å². The summed E-state index contributed by atoms with van der Waals surface area (Å²) in [5.74, 6) is -1.07. The number of carbonyl (C=O) groups excluding carboxylic acids is 2. The number of aryl methyl sites for hydroxylation is 1. The molecule has 1 heterocycles. The Morgan fingerprint density at radius 2 is 1.59 bits per heavy atom. The van der Waals surface area contributed by atoms with Crippen LogP contribution in [0.1, 0.15) is 33.2 Å². The summed E-state index contributed by atoms with van der Waals surface area (Å²) >= 11 is 0. The van der Waals surface area contributed by atoms with E-state index in [2.05, 4.69) is 10.9 Å². The van der Waals surface area contributed by atoms with Crippen molar-refractivity contribution in [3.63, 3.8) is 0 Å². The second kappa shape index (κ2) is 9.17. The molecule has 1 fully saturated rings. The monoisotopic (exact) mass is 417 g/mol. The number of hydrogen-bond acceptors (Lipinski definition) is 5. The van der Waals surface area contributed by atoms with Gasteiger partial charge in [-0.15, -0.1) is 0 Å². The standard InChI is InChI=1S/C20H23N3O5S/c1-2-15-8-9-17(14-18(15)29(26,27)23-10-12-28-13-11-23)20(25)22-21-19(24)16-6-4-3-5-7-16/h3-9,14H,2,10-13H2,1H3,(H,21,24)(H,22,25). The summed E-state index contributed by atoms with van der Waals surface area (Å²) in [6, 6.07) is 13.0. The van der Waals surface area contributed by atoms with Crippen LogP contribution in [0.5, 0.6) is 0 Å². The summed E-state index contributed by atoms with van der Waals surface area (Å²) in [6.45, 7) is 3.08. The third-order valence-electron chi connectivity index (χ3n) is 4.62. The van der Waals surface area contributed by atoms with Gasteiger partial charge in [0.15, 0.2) is 0 Å². The molecule has 3 rings (SSSR count). The molecule has 2 amide bonds. The topological polar surface area (TPSA) is 105 Å². The van der Waals surface area contributed by atoms with Crippen molar-refractivity contribution in [3.05, 3.63) is 65.2 Å². The fourth-order valence-electron chi connectivity index (χ4n) is 3.00. The van der Waals surface area contributed by atoms with Crippen LogP contribution in [-0.2, 0) is 21.2 Å². The lowest BCUT2D eigenvalue weighted by Gasteiger charge is -2.27. The average molecular weight is 417 g/mol. The zero-order valence-corrected chi connectivity index (χ0v) is 16.9. The predicted molar refractivity (Wildman–Crippen MR) is 107 cm³/mol. The zero-order valence-electron chi connectivity index (χ0n) is 16.1. The molecule has 2 N–H and O–H groups in total. The van der Waals surface area contributed by atoms with E-state index in [4.69, 9.17) is 4.74 Å². The summed E-state index contributed by atoms with van der Waals surface area (Å²) in [5.41, 5.74) is 5.82. The molecule has 0 unspecified atom stereocenters. The molecule has 2 aromatic carbocycles. The highest BCUT2D eigenvalue weighted by molar-refractivity contribution is 7.89. The maximum absolute atomic E-state index is 13.1. The van der Waals surface area contributed by atoms with E-state index in [1.165, 1.54) is 10.4 Å². The van der Waals surface area contributed by atoms with Gasteiger partial charge >= 0.3 is 0 Å². The van der Waals surface area contributed by atoms with Crippen LogP contribution in [0.4, 0.5) is 0 Å². The van der Waals surface area contributed by atoms with Crippen LogP contribution in [0, 0.1) is 0 Å². The van der Waals surface area contributed by atoms with Gasteiger partial charge in [-0.1, -0.05) is 31.2 Å². The van der Waals surface area contributed by atoms with Crippen molar-refractivity contribution in [3.8, 4) is 0 Å². The van der Waals surface area contributed by atoms with E-state index in [9.17, 15) is 18.0 Å². The predicted octanol–water partition coefficient (Wildman–Crippen LogP) is 1.34. The maximum Gasteiger partial charge on any atom is 0.269 e. The van der Waals surface area contributed by atoms with Crippen molar-refractivity contribution in [1.82, 2.24) is 15.2 Å². The van der Waals surface area contributed by atoms with Crippen LogP contribution in [0.3, 0.4) is 0 Å². The molecule has 0 saturated carbocycles. The Balaban J connectivity index is 1.79. The van der Waals surface area contributed by atoms with Crippen LogP contribution in [0.2, 0.25) is 0 Å². The molecule has 1 aliphatic rings. The number of hydrazine groups is 1. The van der Waals surface area contributed by atoms with E-state index in [1.54, 1.807) is 42.5 Å². The highest BCUT2D eigenvalue weighted by Crippen LogP contribution is 2.23. The molecule has 0 atom stereocenters. The lowest BCUT2D eigenvalue weighted by atomic mass is 10.1. The van der Waals surface area contributed by atoms with Crippen molar-refractivity contribution in [2.75, 3.05) is 26.3 Å². The van der Waals surface area contributed by atoms with Crippen LogP contribution in [0.25, 0.3) is 0 Å². The zero-order chi connectivity index (χ0) is 20.9. The first-order valence-electron chi connectivity index (χ1n) is 9.30. The van der Waals surface area contributed by atoms with Crippen molar-refractivity contribution < 1.29 is 22.7 Å². The molecule has 29 heavy (non-hydrogen) atoms. The highest BCUT2D eigenvalue weighted by atomic mass is 32.2. The number of ether oxygens (including phenoxy) is 1. The second-order valence-corrected chi connectivity index (χ2v) is 8.37. The van der Waals surface area contributed by atoms with Crippen LogP contribution >= 0.6 is 0 Å². The van der Waals surface area contributed by atoms with Crippen LogP contribution < -0.4 is 10.9 Å². The first kappa shape index (κ1) is 21.0. The largest absolute Gasteiger partial charge is 0.379 e. The summed E-state index contributed by atoms with van der Waals surface area (Å²) in [6.07, 6.45) is 0.506. The lowest BCUT2D eigenvalue weighted by molar-refractivity contribution is 0.0730. The first-order valence-corrected chi connectivity index (χ1v) is 10.7. The molecule has 154 valence electrons. The Morgan fingerprint density at radius 1 is 0.966 bits per heavy atom. The number of nitrogens with one attached hydrogen (secondary N) is 2. The van der Waals surface area contributed by atoms with Crippen molar-refractivity contribution in [1.29, 1.82) is 0 Å². The maximum atomic E-state index is 13.1. The minimum atomic E-state index is -3.75. The molecule has 0 bridgehead atoms. The van der Waals surface area contributed by atoms with E-state index in [0.29, 0.717) is 30.8 Å². The number of benzene rings is 2. The second-order valence-electron chi connectivity index (χ2n) is 6.47. The Labute approximate surface area is 169 Å². The fraction of sp³-hybridized carbons (Fsp3) is 0.300. The number of carbonyl (C=O) groups is 2. The van der Waals surface area contributed by atoms with Gasteiger partial charge in [0.1, 0.15) is 0 Å². The quantitative estimate of drug-likeness (QED) is 0.715. The molecular weight excluding hydrogens is 394 g/mol. The van der Waals surface area contributed by atoms with E-state index in [1.807, 2.05) is 6.92 Å². The normalized spacial score (nSPS) is 14.9. The number of amides is 2. The van der Waals surface area contributed by atoms with Gasteiger partial charge in [-0.2, -0.15) is 4.31 Å². The molecule has 9 heteroatoms. The molecule has 0 spiro atoms. The van der Waals surface area contributed by atoms with E-state index >= 15 is 0 Å². The number of hydrogen-bond donors (Lipinski definition) is 2. The summed E-state index contributed by atoms with van der Waals surface area (Å²) in [4.78, 5) is 24.7. The van der Waals surface area contributed by atoms with Crippen molar-refractivity contribution in [2.45, 2.75) is 18.2 Å². The first-order chi connectivity index (χ1) is 13.9. The SMILES string of the molecule is CCc1ccc(C(=O)NNC(=O)c2ccccc2)cc1S(=O)(=O)N1CCOCC1. The van der Waals surface area contributed by atoms with Crippen LogP contribution in [0.15, 0.2) is 53.4 Å².